The lowest BCUT2D eigenvalue weighted by atomic mass is 10.2. The maximum absolute atomic E-state index is 5.83. The quantitative estimate of drug-likeness (QED) is 0.934. The van der Waals surface area contributed by atoms with E-state index in [0.717, 1.165) is 11.4 Å². The second kappa shape index (κ2) is 5.88. The average Bonchev–Trinajstić information content (AvgIpc) is 2.37. The van der Waals surface area contributed by atoms with E-state index in [0.29, 0.717) is 29.1 Å². The molecule has 2 aromatic heterocycles. The minimum Gasteiger partial charge on any atom is -0.383 e. The molecule has 2 heterocycles. The van der Waals surface area contributed by atoms with Gasteiger partial charge in [-0.15, -0.1) is 0 Å². The number of pyridine rings is 1. The molecule has 0 aliphatic carbocycles. The Morgan fingerprint density at radius 1 is 1.33 bits per heavy atom. The summed E-state index contributed by atoms with van der Waals surface area (Å²) < 4.78 is 5.77. The molecule has 0 fully saturated rings. The summed E-state index contributed by atoms with van der Waals surface area (Å²) in [6.07, 6.45) is 2.29. The summed E-state index contributed by atoms with van der Waals surface area (Å²) in [6, 6.07) is 5.73. The van der Waals surface area contributed by atoms with Gasteiger partial charge in [-0.2, -0.15) is 0 Å². The molecule has 0 bridgehead atoms. The topological polar surface area (TPSA) is 73.9 Å². The zero-order valence-electron chi connectivity index (χ0n) is 9.93. The summed E-state index contributed by atoms with van der Waals surface area (Å²) in [5, 5.41) is 0. The Balaban J connectivity index is 2.28. The molecule has 0 amide bonds. The minimum atomic E-state index is 0.391. The van der Waals surface area contributed by atoms with Crippen LogP contribution < -0.4 is 5.73 Å². The van der Waals surface area contributed by atoms with Crippen molar-refractivity contribution in [2.75, 3.05) is 12.8 Å². The van der Waals surface area contributed by atoms with E-state index in [1.807, 2.05) is 18.2 Å². The van der Waals surface area contributed by atoms with Crippen LogP contribution in [0.15, 0.2) is 28.9 Å². The van der Waals surface area contributed by atoms with Gasteiger partial charge in [-0.1, -0.05) is 6.07 Å². The standard InChI is InChI=1S/C12H13BrN4O/c1-18-7-9-11(13)12(14)17-10(16-9)6-8-4-2-3-5-15-8/h2-5H,6-7H2,1H3,(H2,14,16,17). The first kappa shape index (κ1) is 12.9. The fourth-order valence-corrected chi connectivity index (χ4v) is 1.83. The molecular weight excluding hydrogens is 296 g/mol. The fourth-order valence-electron chi connectivity index (χ4n) is 1.54. The van der Waals surface area contributed by atoms with Gasteiger partial charge in [0, 0.05) is 19.0 Å². The van der Waals surface area contributed by atoms with E-state index in [1.165, 1.54) is 0 Å². The van der Waals surface area contributed by atoms with E-state index >= 15 is 0 Å². The van der Waals surface area contributed by atoms with Crippen molar-refractivity contribution in [2.45, 2.75) is 13.0 Å². The zero-order valence-corrected chi connectivity index (χ0v) is 11.5. The van der Waals surface area contributed by atoms with Crippen molar-refractivity contribution in [2.24, 2.45) is 0 Å². The van der Waals surface area contributed by atoms with Crippen molar-refractivity contribution in [3.63, 3.8) is 0 Å². The Hall–Kier alpha value is -1.53. The van der Waals surface area contributed by atoms with Crippen molar-refractivity contribution in [1.82, 2.24) is 15.0 Å². The number of anilines is 1. The van der Waals surface area contributed by atoms with E-state index in [9.17, 15) is 0 Å². The lowest BCUT2D eigenvalue weighted by molar-refractivity contribution is 0.180. The number of hydrogen-bond acceptors (Lipinski definition) is 5. The Morgan fingerprint density at radius 3 is 2.83 bits per heavy atom. The van der Waals surface area contributed by atoms with E-state index in [1.54, 1.807) is 13.3 Å². The van der Waals surface area contributed by atoms with Gasteiger partial charge in [0.15, 0.2) is 0 Å². The number of nitrogen functional groups attached to an aromatic ring is 1. The van der Waals surface area contributed by atoms with Crippen molar-refractivity contribution < 1.29 is 4.74 Å². The van der Waals surface area contributed by atoms with Crippen LogP contribution in [0.3, 0.4) is 0 Å². The predicted octanol–water partition coefficient (Wildman–Crippen LogP) is 1.95. The molecule has 0 radical (unpaired) electrons. The lowest BCUT2D eigenvalue weighted by Gasteiger charge is -2.08. The van der Waals surface area contributed by atoms with Crippen LogP contribution in [0.25, 0.3) is 0 Å². The number of nitrogens with two attached hydrogens (primary N) is 1. The van der Waals surface area contributed by atoms with Crippen LogP contribution in [0, 0.1) is 0 Å². The Kier molecular flexibility index (Phi) is 4.22. The van der Waals surface area contributed by atoms with Crippen LogP contribution in [-0.4, -0.2) is 22.1 Å². The monoisotopic (exact) mass is 308 g/mol. The molecule has 0 saturated carbocycles. The highest BCUT2D eigenvalue weighted by Crippen LogP contribution is 2.22. The molecule has 0 unspecified atom stereocenters. The van der Waals surface area contributed by atoms with Gasteiger partial charge in [0.05, 0.1) is 23.2 Å². The first-order chi connectivity index (χ1) is 8.70. The van der Waals surface area contributed by atoms with Gasteiger partial charge in [-0.05, 0) is 28.1 Å². The van der Waals surface area contributed by atoms with Crippen LogP contribution in [0.2, 0.25) is 0 Å². The average molecular weight is 309 g/mol. The smallest absolute Gasteiger partial charge is 0.141 e. The van der Waals surface area contributed by atoms with E-state index < -0.39 is 0 Å². The zero-order chi connectivity index (χ0) is 13.0. The van der Waals surface area contributed by atoms with Gasteiger partial charge in [0.1, 0.15) is 11.6 Å². The summed E-state index contributed by atoms with van der Waals surface area (Å²) in [5.74, 6) is 1.06. The Morgan fingerprint density at radius 2 is 2.17 bits per heavy atom. The second-order valence-corrected chi connectivity index (χ2v) is 4.51. The molecule has 18 heavy (non-hydrogen) atoms. The largest absolute Gasteiger partial charge is 0.383 e. The predicted molar refractivity (Wildman–Crippen MR) is 71.9 cm³/mol. The third kappa shape index (κ3) is 3.02. The number of rotatable bonds is 4. The lowest BCUT2D eigenvalue weighted by Crippen LogP contribution is -2.07. The normalized spacial score (nSPS) is 10.6. The van der Waals surface area contributed by atoms with Crippen LogP contribution in [0.5, 0.6) is 0 Å². The van der Waals surface area contributed by atoms with Crippen molar-refractivity contribution in [3.05, 3.63) is 46.1 Å². The number of aromatic nitrogens is 3. The van der Waals surface area contributed by atoms with Crippen molar-refractivity contribution in [3.8, 4) is 0 Å². The van der Waals surface area contributed by atoms with E-state index in [2.05, 4.69) is 30.9 Å². The second-order valence-electron chi connectivity index (χ2n) is 3.72. The SMILES string of the molecule is COCc1nc(Cc2ccccn2)nc(N)c1Br. The van der Waals surface area contributed by atoms with Crippen molar-refractivity contribution in [1.29, 1.82) is 0 Å². The van der Waals surface area contributed by atoms with E-state index in [-0.39, 0.29) is 0 Å². The number of nitrogens with zero attached hydrogens (tertiary/aromatic N) is 3. The van der Waals surface area contributed by atoms with Gasteiger partial charge < -0.3 is 10.5 Å². The van der Waals surface area contributed by atoms with Crippen molar-refractivity contribution >= 4 is 21.7 Å². The molecule has 0 aliphatic rings. The summed E-state index contributed by atoms with van der Waals surface area (Å²) in [5.41, 5.74) is 7.48. The highest BCUT2D eigenvalue weighted by molar-refractivity contribution is 9.10. The van der Waals surface area contributed by atoms with E-state index in [4.69, 9.17) is 10.5 Å². The maximum Gasteiger partial charge on any atom is 0.141 e. The third-order valence-electron chi connectivity index (χ3n) is 2.34. The summed E-state index contributed by atoms with van der Waals surface area (Å²) in [7, 11) is 1.61. The number of hydrogen-bond donors (Lipinski definition) is 1. The highest BCUT2D eigenvalue weighted by Gasteiger charge is 2.10. The third-order valence-corrected chi connectivity index (χ3v) is 3.20. The molecule has 94 valence electrons. The highest BCUT2D eigenvalue weighted by atomic mass is 79.9. The van der Waals surface area contributed by atoms with Crippen LogP contribution >= 0.6 is 15.9 Å². The van der Waals surface area contributed by atoms with Gasteiger partial charge in [-0.3, -0.25) is 4.98 Å². The first-order valence-electron chi connectivity index (χ1n) is 5.40. The number of ether oxygens (including phenoxy) is 1. The first-order valence-corrected chi connectivity index (χ1v) is 6.19. The molecule has 0 atom stereocenters. The van der Waals surface area contributed by atoms with Crippen LogP contribution in [-0.2, 0) is 17.8 Å². The van der Waals surface area contributed by atoms with Gasteiger partial charge in [-0.25, -0.2) is 9.97 Å². The molecule has 6 heteroatoms. The summed E-state index contributed by atoms with van der Waals surface area (Å²) in [6.45, 7) is 0.391. The summed E-state index contributed by atoms with van der Waals surface area (Å²) in [4.78, 5) is 12.9. The fraction of sp³-hybridized carbons (Fsp3) is 0.250. The van der Waals surface area contributed by atoms with Gasteiger partial charge in [0.25, 0.3) is 0 Å². The molecule has 0 spiro atoms. The number of methoxy groups -OCH3 is 1. The number of halogens is 1. The molecular formula is C12H13BrN4O. The molecule has 2 aromatic rings. The van der Waals surface area contributed by atoms with Crippen LogP contribution in [0.1, 0.15) is 17.2 Å². The molecule has 0 aromatic carbocycles. The molecule has 2 rings (SSSR count). The molecule has 5 nitrogen and oxygen atoms in total. The molecule has 0 aliphatic heterocycles. The molecule has 0 saturated heterocycles. The summed E-state index contributed by atoms with van der Waals surface area (Å²) >= 11 is 3.36. The minimum absolute atomic E-state index is 0.391. The maximum atomic E-state index is 5.83. The van der Waals surface area contributed by atoms with Crippen LogP contribution in [0.4, 0.5) is 5.82 Å². The Bertz CT molecular complexity index is 533. The van der Waals surface area contributed by atoms with Gasteiger partial charge in [0.2, 0.25) is 0 Å². The van der Waals surface area contributed by atoms with Gasteiger partial charge >= 0.3 is 0 Å². The Labute approximate surface area is 114 Å². The molecule has 2 N–H and O–H groups in total.